The van der Waals surface area contributed by atoms with Crippen molar-refractivity contribution in [1.82, 2.24) is 15.6 Å². The van der Waals surface area contributed by atoms with Crippen molar-refractivity contribution in [3.05, 3.63) is 59.8 Å². The first kappa shape index (κ1) is 20.5. The van der Waals surface area contributed by atoms with E-state index in [1.807, 2.05) is 18.2 Å². The minimum Gasteiger partial charge on any atom is -0.468 e. The standard InChI is InChI=1S/C19H23F3N4O/c1-23-18(24-11-5-8-15-6-3-2-4-7-15)26-13-16-9-10-17(25-12-16)27-14-19(20,21)22/h2-4,6-7,9-10,12H,5,8,11,13-14H2,1H3,(H2,23,24,26). The summed E-state index contributed by atoms with van der Waals surface area (Å²) in [7, 11) is 1.68. The third-order valence-corrected chi connectivity index (χ3v) is 3.64. The Hall–Kier alpha value is -2.77. The summed E-state index contributed by atoms with van der Waals surface area (Å²) < 4.78 is 40.9. The van der Waals surface area contributed by atoms with Gasteiger partial charge in [0.15, 0.2) is 12.6 Å². The van der Waals surface area contributed by atoms with Gasteiger partial charge in [-0.05, 0) is 24.0 Å². The van der Waals surface area contributed by atoms with Crippen LogP contribution in [0.4, 0.5) is 13.2 Å². The second kappa shape index (κ2) is 10.4. The Kier molecular flexibility index (Phi) is 7.91. The zero-order valence-corrected chi connectivity index (χ0v) is 15.1. The lowest BCUT2D eigenvalue weighted by Crippen LogP contribution is -2.37. The lowest BCUT2D eigenvalue weighted by atomic mass is 10.1. The summed E-state index contributed by atoms with van der Waals surface area (Å²) in [6.07, 6.45) is -0.951. The van der Waals surface area contributed by atoms with Gasteiger partial charge in [-0.3, -0.25) is 4.99 Å². The van der Waals surface area contributed by atoms with Crippen LogP contribution in [0.2, 0.25) is 0 Å². The third kappa shape index (κ3) is 8.44. The van der Waals surface area contributed by atoms with Gasteiger partial charge >= 0.3 is 6.18 Å². The molecule has 0 amide bonds. The molecule has 0 unspecified atom stereocenters. The number of nitrogens with zero attached hydrogens (tertiary/aromatic N) is 2. The van der Waals surface area contributed by atoms with E-state index in [1.165, 1.54) is 17.8 Å². The topological polar surface area (TPSA) is 58.5 Å². The highest BCUT2D eigenvalue weighted by Gasteiger charge is 2.28. The molecule has 0 aliphatic rings. The number of halogens is 3. The summed E-state index contributed by atoms with van der Waals surface area (Å²) >= 11 is 0. The van der Waals surface area contributed by atoms with E-state index in [1.54, 1.807) is 13.1 Å². The minimum absolute atomic E-state index is 0.0560. The molecule has 0 spiro atoms. The summed E-state index contributed by atoms with van der Waals surface area (Å²) in [4.78, 5) is 8.02. The van der Waals surface area contributed by atoms with Crippen LogP contribution in [0, 0.1) is 0 Å². The van der Waals surface area contributed by atoms with Crippen molar-refractivity contribution in [1.29, 1.82) is 0 Å². The van der Waals surface area contributed by atoms with Gasteiger partial charge in [0.2, 0.25) is 5.88 Å². The van der Waals surface area contributed by atoms with Crippen LogP contribution in [-0.4, -0.2) is 37.3 Å². The summed E-state index contributed by atoms with van der Waals surface area (Å²) in [6, 6.07) is 13.3. The fraction of sp³-hybridized carbons (Fsp3) is 0.368. The van der Waals surface area contributed by atoms with Gasteiger partial charge in [-0.25, -0.2) is 4.98 Å². The highest BCUT2D eigenvalue weighted by Crippen LogP contribution is 2.16. The first-order valence-electron chi connectivity index (χ1n) is 8.59. The summed E-state index contributed by atoms with van der Waals surface area (Å²) in [5, 5.41) is 6.37. The molecule has 2 aromatic rings. The Morgan fingerprint density at radius 3 is 2.48 bits per heavy atom. The van der Waals surface area contributed by atoms with Gasteiger partial charge in [0, 0.05) is 32.4 Å². The van der Waals surface area contributed by atoms with Gasteiger partial charge in [-0.15, -0.1) is 0 Å². The number of pyridine rings is 1. The first-order chi connectivity index (χ1) is 13.0. The fourth-order valence-electron chi connectivity index (χ4n) is 2.31. The Morgan fingerprint density at radius 2 is 1.85 bits per heavy atom. The van der Waals surface area contributed by atoms with Crippen molar-refractivity contribution in [2.75, 3.05) is 20.2 Å². The van der Waals surface area contributed by atoms with Crippen molar-refractivity contribution in [2.45, 2.75) is 25.6 Å². The maximum absolute atomic E-state index is 12.1. The highest BCUT2D eigenvalue weighted by atomic mass is 19.4. The maximum atomic E-state index is 12.1. The van der Waals surface area contributed by atoms with E-state index in [-0.39, 0.29) is 5.88 Å². The Morgan fingerprint density at radius 1 is 1.07 bits per heavy atom. The third-order valence-electron chi connectivity index (χ3n) is 3.64. The number of rotatable bonds is 8. The molecule has 27 heavy (non-hydrogen) atoms. The molecule has 0 aliphatic heterocycles. The number of guanidine groups is 1. The highest BCUT2D eigenvalue weighted by molar-refractivity contribution is 5.79. The average molecular weight is 380 g/mol. The number of aryl methyl sites for hydroxylation is 1. The van der Waals surface area contributed by atoms with Gasteiger partial charge in [0.05, 0.1) is 0 Å². The van der Waals surface area contributed by atoms with Gasteiger partial charge in [-0.2, -0.15) is 13.2 Å². The second-order valence-corrected chi connectivity index (χ2v) is 5.85. The average Bonchev–Trinajstić information content (AvgIpc) is 2.67. The zero-order chi connectivity index (χ0) is 19.5. The van der Waals surface area contributed by atoms with E-state index in [0.717, 1.165) is 24.9 Å². The van der Waals surface area contributed by atoms with E-state index >= 15 is 0 Å². The molecule has 8 heteroatoms. The molecular weight excluding hydrogens is 357 g/mol. The molecule has 0 bridgehead atoms. The molecule has 1 heterocycles. The molecule has 2 N–H and O–H groups in total. The van der Waals surface area contributed by atoms with E-state index in [0.29, 0.717) is 12.5 Å². The first-order valence-corrected chi connectivity index (χ1v) is 8.59. The number of aromatic nitrogens is 1. The van der Waals surface area contributed by atoms with E-state index < -0.39 is 12.8 Å². The summed E-state index contributed by atoms with van der Waals surface area (Å²) in [6.45, 7) is -0.126. The van der Waals surface area contributed by atoms with Crippen LogP contribution in [0.15, 0.2) is 53.7 Å². The molecule has 0 saturated heterocycles. The smallest absolute Gasteiger partial charge is 0.422 e. The number of nitrogens with one attached hydrogen (secondary N) is 2. The number of hydrogen-bond donors (Lipinski definition) is 2. The Labute approximate surface area is 156 Å². The molecular formula is C19H23F3N4O. The predicted octanol–water partition coefficient (Wildman–Crippen LogP) is 3.32. The maximum Gasteiger partial charge on any atom is 0.422 e. The quantitative estimate of drug-likeness (QED) is 0.419. The number of benzene rings is 1. The van der Waals surface area contributed by atoms with Crippen LogP contribution >= 0.6 is 0 Å². The van der Waals surface area contributed by atoms with Crippen molar-refractivity contribution in [3.8, 4) is 5.88 Å². The SMILES string of the molecule is CN=C(NCCCc1ccccc1)NCc1ccc(OCC(F)(F)F)nc1. The Balaban J connectivity index is 1.69. The van der Waals surface area contributed by atoms with Crippen molar-refractivity contribution < 1.29 is 17.9 Å². The van der Waals surface area contributed by atoms with Crippen LogP contribution in [0.1, 0.15) is 17.5 Å². The van der Waals surface area contributed by atoms with E-state index in [9.17, 15) is 13.2 Å². The molecule has 0 radical (unpaired) electrons. The largest absolute Gasteiger partial charge is 0.468 e. The zero-order valence-electron chi connectivity index (χ0n) is 15.1. The lowest BCUT2D eigenvalue weighted by Gasteiger charge is -2.12. The molecule has 0 saturated carbocycles. The molecule has 1 aromatic heterocycles. The molecule has 146 valence electrons. The van der Waals surface area contributed by atoms with Gasteiger partial charge < -0.3 is 15.4 Å². The lowest BCUT2D eigenvalue weighted by molar-refractivity contribution is -0.154. The van der Waals surface area contributed by atoms with Crippen LogP contribution in [-0.2, 0) is 13.0 Å². The number of ether oxygens (including phenoxy) is 1. The van der Waals surface area contributed by atoms with E-state index in [4.69, 9.17) is 0 Å². The number of aliphatic imine (C=N–C) groups is 1. The van der Waals surface area contributed by atoms with Crippen LogP contribution in [0.3, 0.4) is 0 Å². The van der Waals surface area contributed by atoms with Gasteiger partial charge in [0.25, 0.3) is 0 Å². The normalized spacial score (nSPS) is 11.9. The molecule has 2 rings (SSSR count). The summed E-state index contributed by atoms with van der Waals surface area (Å²) in [5.74, 6) is 0.597. The predicted molar refractivity (Wildman–Crippen MR) is 98.8 cm³/mol. The molecule has 0 atom stereocenters. The molecule has 0 aliphatic carbocycles. The second-order valence-electron chi connectivity index (χ2n) is 5.85. The number of hydrogen-bond acceptors (Lipinski definition) is 3. The van der Waals surface area contributed by atoms with E-state index in [2.05, 4.69) is 37.5 Å². The fourth-order valence-corrected chi connectivity index (χ4v) is 2.31. The van der Waals surface area contributed by atoms with Crippen LogP contribution in [0.5, 0.6) is 5.88 Å². The molecule has 0 fully saturated rings. The molecule has 5 nitrogen and oxygen atoms in total. The van der Waals surface area contributed by atoms with Gasteiger partial charge in [-0.1, -0.05) is 36.4 Å². The van der Waals surface area contributed by atoms with Gasteiger partial charge in [0.1, 0.15) is 0 Å². The molecule has 1 aromatic carbocycles. The van der Waals surface area contributed by atoms with Crippen molar-refractivity contribution in [3.63, 3.8) is 0 Å². The monoisotopic (exact) mass is 380 g/mol. The Bertz CT molecular complexity index is 703. The van der Waals surface area contributed by atoms with Crippen LogP contribution < -0.4 is 15.4 Å². The van der Waals surface area contributed by atoms with Crippen LogP contribution in [0.25, 0.3) is 0 Å². The summed E-state index contributed by atoms with van der Waals surface area (Å²) in [5.41, 5.74) is 2.10. The number of alkyl halides is 3. The van der Waals surface area contributed by atoms with Crippen molar-refractivity contribution in [2.24, 2.45) is 4.99 Å². The van der Waals surface area contributed by atoms with Crippen molar-refractivity contribution >= 4 is 5.96 Å². The minimum atomic E-state index is -4.37.